The van der Waals surface area contributed by atoms with Crippen LogP contribution in [0.2, 0.25) is 10.0 Å². The van der Waals surface area contributed by atoms with Gasteiger partial charge in [0.25, 0.3) is 5.91 Å². The number of amides is 1. The van der Waals surface area contributed by atoms with Crippen LogP contribution in [0.15, 0.2) is 71.7 Å². The quantitative estimate of drug-likeness (QED) is 0.498. The van der Waals surface area contributed by atoms with Crippen molar-refractivity contribution in [2.45, 2.75) is 13.1 Å². The summed E-state index contributed by atoms with van der Waals surface area (Å²) in [6.07, 6.45) is 1.65. The molecule has 4 rings (SSSR count). The van der Waals surface area contributed by atoms with E-state index >= 15 is 0 Å². The number of hydrogen-bond acceptors (Lipinski definition) is 4. The van der Waals surface area contributed by atoms with E-state index in [-0.39, 0.29) is 18.8 Å². The first kappa shape index (κ1) is 20.1. The number of para-hydroxylation sites is 1. The van der Waals surface area contributed by atoms with E-state index in [1.165, 1.54) is 4.90 Å². The molecule has 0 bridgehead atoms. The van der Waals surface area contributed by atoms with E-state index in [2.05, 4.69) is 15.2 Å². The number of carbonyl (C=O) groups is 1. The molecular formula is C22H16Cl2N4O2. The van der Waals surface area contributed by atoms with Gasteiger partial charge in [-0.05, 0) is 42.0 Å². The highest BCUT2D eigenvalue weighted by atomic mass is 35.5. The SMILES string of the molecule is O=C(c1n[nH]c2ccccc2c1=O)N(Cc1ccc(Cl)c(Cl)c1)Cc1ccccn1. The van der Waals surface area contributed by atoms with Gasteiger partial charge in [-0.3, -0.25) is 19.7 Å². The zero-order valence-electron chi connectivity index (χ0n) is 15.7. The molecule has 0 saturated heterocycles. The molecule has 0 radical (unpaired) electrons. The molecule has 0 aliphatic carbocycles. The summed E-state index contributed by atoms with van der Waals surface area (Å²) < 4.78 is 0. The first-order valence-electron chi connectivity index (χ1n) is 9.13. The van der Waals surface area contributed by atoms with Crippen LogP contribution in [0.3, 0.4) is 0 Å². The highest BCUT2D eigenvalue weighted by molar-refractivity contribution is 6.42. The molecule has 8 heteroatoms. The lowest BCUT2D eigenvalue weighted by Crippen LogP contribution is -2.35. The predicted molar refractivity (Wildman–Crippen MR) is 117 cm³/mol. The number of fused-ring (bicyclic) bond motifs is 1. The van der Waals surface area contributed by atoms with Crippen molar-refractivity contribution in [3.8, 4) is 0 Å². The van der Waals surface area contributed by atoms with Crippen molar-refractivity contribution in [1.29, 1.82) is 0 Å². The van der Waals surface area contributed by atoms with Crippen molar-refractivity contribution >= 4 is 40.0 Å². The average molecular weight is 439 g/mol. The highest BCUT2D eigenvalue weighted by Crippen LogP contribution is 2.24. The molecule has 6 nitrogen and oxygen atoms in total. The Hall–Kier alpha value is -3.22. The smallest absolute Gasteiger partial charge is 0.279 e. The van der Waals surface area contributed by atoms with Gasteiger partial charge in [0.2, 0.25) is 5.43 Å². The molecule has 1 N–H and O–H groups in total. The molecule has 2 heterocycles. The second-order valence-electron chi connectivity index (χ2n) is 6.68. The number of pyridine rings is 1. The summed E-state index contributed by atoms with van der Waals surface area (Å²) in [4.78, 5) is 32.0. The molecule has 2 aromatic carbocycles. The van der Waals surface area contributed by atoms with Crippen LogP contribution in [0.5, 0.6) is 0 Å². The van der Waals surface area contributed by atoms with Crippen LogP contribution >= 0.6 is 23.2 Å². The second-order valence-corrected chi connectivity index (χ2v) is 7.49. The van der Waals surface area contributed by atoms with E-state index < -0.39 is 11.3 Å². The Bertz CT molecular complexity index is 1280. The normalized spacial score (nSPS) is 10.9. The molecule has 150 valence electrons. The number of halogens is 2. The summed E-state index contributed by atoms with van der Waals surface area (Å²) in [6.45, 7) is 0.411. The zero-order chi connectivity index (χ0) is 21.1. The molecule has 30 heavy (non-hydrogen) atoms. The van der Waals surface area contributed by atoms with Crippen LogP contribution in [-0.4, -0.2) is 26.0 Å². The Morgan fingerprint density at radius 3 is 2.53 bits per heavy atom. The van der Waals surface area contributed by atoms with E-state index in [0.29, 0.717) is 26.6 Å². The van der Waals surface area contributed by atoms with Gasteiger partial charge in [-0.15, -0.1) is 0 Å². The first-order valence-corrected chi connectivity index (χ1v) is 9.89. The average Bonchev–Trinajstić information content (AvgIpc) is 2.76. The highest BCUT2D eigenvalue weighted by Gasteiger charge is 2.23. The largest absolute Gasteiger partial charge is 0.327 e. The van der Waals surface area contributed by atoms with Crippen molar-refractivity contribution < 1.29 is 4.79 Å². The number of nitrogens with one attached hydrogen (secondary N) is 1. The van der Waals surface area contributed by atoms with Crippen LogP contribution in [0.25, 0.3) is 10.9 Å². The summed E-state index contributed by atoms with van der Waals surface area (Å²) in [5.74, 6) is -0.501. The van der Waals surface area contributed by atoms with E-state index in [0.717, 1.165) is 5.56 Å². The van der Waals surface area contributed by atoms with Crippen molar-refractivity contribution in [2.75, 3.05) is 0 Å². The van der Waals surface area contributed by atoms with Gasteiger partial charge in [-0.2, -0.15) is 5.10 Å². The maximum absolute atomic E-state index is 13.3. The number of nitrogens with zero attached hydrogens (tertiary/aromatic N) is 3. The van der Waals surface area contributed by atoms with Gasteiger partial charge in [0.15, 0.2) is 5.69 Å². The van der Waals surface area contributed by atoms with Gasteiger partial charge in [-0.25, -0.2) is 0 Å². The molecule has 0 saturated carbocycles. The molecule has 0 atom stereocenters. The molecule has 0 aliphatic rings. The van der Waals surface area contributed by atoms with E-state index in [1.54, 1.807) is 54.7 Å². The third-order valence-electron chi connectivity index (χ3n) is 4.60. The lowest BCUT2D eigenvalue weighted by Gasteiger charge is -2.22. The van der Waals surface area contributed by atoms with Crippen LogP contribution in [0.1, 0.15) is 21.7 Å². The van der Waals surface area contributed by atoms with Gasteiger partial charge in [0.1, 0.15) is 0 Å². The van der Waals surface area contributed by atoms with Crippen molar-refractivity contribution in [1.82, 2.24) is 20.1 Å². The van der Waals surface area contributed by atoms with E-state index in [9.17, 15) is 9.59 Å². The van der Waals surface area contributed by atoms with Crippen LogP contribution < -0.4 is 5.43 Å². The van der Waals surface area contributed by atoms with Gasteiger partial charge >= 0.3 is 0 Å². The Morgan fingerprint density at radius 1 is 0.967 bits per heavy atom. The van der Waals surface area contributed by atoms with Gasteiger partial charge < -0.3 is 4.90 Å². The molecular weight excluding hydrogens is 423 g/mol. The van der Waals surface area contributed by atoms with E-state index in [1.807, 2.05) is 12.1 Å². The fraction of sp³-hybridized carbons (Fsp3) is 0.0909. The minimum absolute atomic E-state index is 0.176. The van der Waals surface area contributed by atoms with Gasteiger partial charge in [-0.1, -0.05) is 47.5 Å². The Labute approximate surface area is 182 Å². The molecule has 0 aliphatic heterocycles. The predicted octanol–water partition coefficient (Wildman–Crippen LogP) is 4.47. The van der Waals surface area contributed by atoms with Gasteiger partial charge in [0.05, 0.1) is 27.8 Å². The van der Waals surface area contributed by atoms with Gasteiger partial charge in [0, 0.05) is 18.1 Å². The standard InChI is InChI=1S/C22H16Cl2N4O2/c23-17-9-8-14(11-18(17)24)12-28(13-15-5-3-4-10-25-15)22(30)20-21(29)16-6-1-2-7-19(16)26-27-20/h1-11H,12-13H2,(H,26,29). The Morgan fingerprint density at radius 2 is 1.77 bits per heavy atom. The number of rotatable bonds is 5. The Balaban J connectivity index is 1.72. The molecule has 0 spiro atoms. The summed E-state index contributed by atoms with van der Waals surface area (Å²) in [7, 11) is 0. The molecule has 0 fully saturated rings. The number of benzene rings is 2. The number of aromatic nitrogens is 3. The van der Waals surface area contributed by atoms with Crippen molar-refractivity contribution in [3.05, 3.63) is 104 Å². The summed E-state index contributed by atoms with van der Waals surface area (Å²) in [5.41, 5.74) is 1.42. The second kappa shape index (κ2) is 8.65. The van der Waals surface area contributed by atoms with Crippen LogP contribution in [0.4, 0.5) is 0 Å². The molecule has 4 aromatic rings. The summed E-state index contributed by atoms with van der Waals surface area (Å²) in [6, 6.07) is 17.5. The van der Waals surface area contributed by atoms with E-state index in [4.69, 9.17) is 23.2 Å². The monoisotopic (exact) mass is 438 g/mol. The third kappa shape index (κ3) is 4.20. The molecule has 2 aromatic heterocycles. The van der Waals surface area contributed by atoms with Crippen LogP contribution in [0, 0.1) is 0 Å². The Kier molecular flexibility index (Phi) is 5.79. The fourth-order valence-corrected chi connectivity index (χ4v) is 3.43. The van der Waals surface area contributed by atoms with Crippen molar-refractivity contribution in [2.24, 2.45) is 0 Å². The number of carbonyl (C=O) groups excluding carboxylic acids is 1. The minimum atomic E-state index is -0.501. The molecule has 1 amide bonds. The fourth-order valence-electron chi connectivity index (χ4n) is 3.11. The lowest BCUT2D eigenvalue weighted by atomic mass is 10.1. The maximum Gasteiger partial charge on any atom is 0.279 e. The summed E-state index contributed by atoms with van der Waals surface area (Å²) in [5, 5.41) is 8.06. The minimum Gasteiger partial charge on any atom is -0.327 e. The maximum atomic E-state index is 13.3. The number of hydrogen-bond donors (Lipinski definition) is 1. The van der Waals surface area contributed by atoms with Crippen molar-refractivity contribution in [3.63, 3.8) is 0 Å². The number of aromatic amines is 1. The lowest BCUT2D eigenvalue weighted by molar-refractivity contribution is 0.0719. The topological polar surface area (TPSA) is 79.0 Å². The number of H-pyrrole nitrogens is 1. The molecule has 0 unspecified atom stereocenters. The first-order chi connectivity index (χ1) is 14.5. The van der Waals surface area contributed by atoms with Crippen LogP contribution in [-0.2, 0) is 13.1 Å². The third-order valence-corrected chi connectivity index (χ3v) is 5.34. The summed E-state index contributed by atoms with van der Waals surface area (Å²) >= 11 is 12.1. The zero-order valence-corrected chi connectivity index (χ0v) is 17.2.